The standard InChI is InChI=1S/C14H23N3/c1-9-4-5-11(6-9)13(16-3)12-7-10(2)8-17-14(12)15/h7-9,11,13,16H,4-6H2,1-3H3,(H2,15,17). The van der Waals surface area contributed by atoms with Gasteiger partial charge in [0, 0.05) is 17.8 Å². The normalized spacial score (nSPS) is 26.1. The Balaban J connectivity index is 2.25. The lowest BCUT2D eigenvalue weighted by Crippen LogP contribution is -2.25. The summed E-state index contributed by atoms with van der Waals surface area (Å²) in [6.45, 7) is 4.41. The van der Waals surface area contributed by atoms with Gasteiger partial charge in [0.15, 0.2) is 0 Å². The number of nitrogen functional groups attached to an aromatic ring is 1. The van der Waals surface area contributed by atoms with Crippen molar-refractivity contribution in [2.75, 3.05) is 12.8 Å². The van der Waals surface area contributed by atoms with Crippen molar-refractivity contribution in [2.24, 2.45) is 11.8 Å². The van der Waals surface area contributed by atoms with Gasteiger partial charge in [0.2, 0.25) is 0 Å². The van der Waals surface area contributed by atoms with Gasteiger partial charge in [-0.2, -0.15) is 0 Å². The molecule has 0 amide bonds. The molecule has 0 radical (unpaired) electrons. The Hall–Kier alpha value is -1.09. The van der Waals surface area contributed by atoms with Gasteiger partial charge in [0.05, 0.1) is 0 Å². The third kappa shape index (κ3) is 2.60. The van der Waals surface area contributed by atoms with E-state index in [1.807, 2.05) is 13.2 Å². The summed E-state index contributed by atoms with van der Waals surface area (Å²) in [5.41, 5.74) is 8.37. The van der Waals surface area contributed by atoms with Crippen molar-refractivity contribution < 1.29 is 0 Å². The van der Waals surface area contributed by atoms with E-state index in [9.17, 15) is 0 Å². The molecule has 3 unspecified atom stereocenters. The van der Waals surface area contributed by atoms with Gasteiger partial charge in [0.1, 0.15) is 5.82 Å². The van der Waals surface area contributed by atoms with E-state index in [0.29, 0.717) is 17.8 Å². The average Bonchev–Trinajstić information content (AvgIpc) is 2.71. The molecule has 1 heterocycles. The van der Waals surface area contributed by atoms with Gasteiger partial charge in [-0.25, -0.2) is 4.98 Å². The number of aryl methyl sites for hydroxylation is 1. The number of anilines is 1. The maximum absolute atomic E-state index is 6.02. The van der Waals surface area contributed by atoms with Crippen LogP contribution in [0.2, 0.25) is 0 Å². The topological polar surface area (TPSA) is 50.9 Å². The second kappa shape index (κ2) is 5.05. The Labute approximate surface area is 104 Å². The fourth-order valence-electron chi connectivity index (χ4n) is 3.05. The predicted octanol–water partition coefficient (Wildman–Crippen LogP) is 2.67. The largest absolute Gasteiger partial charge is 0.383 e. The van der Waals surface area contributed by atoms with Gasteiger partial charge in [-0.3, -0.25) is 0 Å². The molecule has 3 atom stereocenters. The molecule has 17 heavy (non-hydrogen) atoms. The van der Waals surface area contributed by atoms with E-state index in [1.54, 1.807) is 0 Å². The highest BCUT2D eigenvalue weighted by atomic mass is 14.9. The Morgan fingerprint density at radius 3 is 2.82 bits per heavy atom. The molecule has 1 saturated carbocycles. The molecule has 0 spiro atoms. The van der Waals surface area contributed by atoms with Crippen LogP contribution in [0.4, 0.5) is 5.82 Å². The Morgan fingerprint density at radius 2 is 2.24 bits per heavy atom. The molecule has 0 aromatic carbocycles. The highest BCUT2D eigenvalue weighted by molar-refractivity contribution is 5.43. The summed E-state index contributed by atoms with van der Waals surface area (Å²) in [5.74, 6) is 2.21. The molecule has 1 aliphatic rings. The van der Waals surface area contributed by atoms with Gasteiger partial charge in [-0.15, -0.1) is 0 Å². The molecule has 3 nitrogen and oxygen atoms in total. The molecule has 0 bridgehead atoms. The third-order valence-electron chi connectivity index (χ3n) is 3.94. The molecular formula is C14H23N3. The number of pyridine rings is 1. The minimum Gasteiger partial charge on any atom is -0.383 e. The first kappa shape index (κ1) is 12.4. The molecule has 0 aliphatic heterocycles. The van der Waals surface area contributed by atoms with E-state index in [4.69, 9.17) is 5.73 Å². The summed E-state index contributed by atoms with van der Waals surface area (Å²) in [4.78, 5) is 4.28. The monoisotopic (exact) mass is 233 g/mol. The van der Waals surface area contributed by atoms with Gasteiger partial charge in [0.25, 0.3) is 0 Å². The quantitative estimate of drug-likeness (QED) is 0.844. The number of nitrogens with one attached hydrogen (secondary N) is 1. The van der Waals surface area contributed by atoms with Crippen LogP contribution >= 0.6 is 0 Å². The first-order valence-electron chi connectivity index (χ1n) is 6.51. The van der Waals surface area contributed by atoms with Crippen LogP contribution in [0.25, 0.3) is 0 Å². The first-order valence-corrected chi connectivity index (χ1v) is 6.51. The molecular weight excluding hydrogens is 210 g/mol. The summed E-state index contributed by atoms with van der Waals surface area (Å²) in [6.07, 6.45) is 5.75. The summed E-state index contributed by atoms with van der Waals surface area (Å²) in [6, 6.07) is 2.53. The van der Waals surface area contributed by atoms with Crippen LogP contribution in [0.5, 0.6) is 0 Å². The summed E-state index contributed by atoms with van der Waals surface area (Å²) >= 11 is 0. The Kier molecular flexibility index (Phi) is 3.67. The third-order valence-corrected chi connectivity index (χ3v) is 3.94. The van der Waals surface area contributed by atoms with Gasteiger partial charge in [-0.05, 0) is 50.3 Å². The fourth-order valence-corrected chi connectivity index (χ4v) is 3.05. The number of hydrogen-bond donors (Lipinski definition) is 2. The van der Waals surface area contributed by atoms with Crippen LogP contribution in [0.15, 0.2) is 12.3 Å². The summed E-state index contributed by atoms with van der Waals surface area (Å²) in [5, 5.41) is 3.43. The summed E-state index contributed by atoms with van der Waals surface area (Å²) < 4.78 is 0. The number of nitrogens with zero attached hydrogens (tertiary/aromatic N) is 1. The highest BCUT2D eigenvalue weighted by Gasteiger charge is 2.30. The van der Waals surface area contributed by atoms with E-state index in [1.165, 1.54) is 30.4 Å². The maximum Gasteiger partial charge on any atom is 0.128 e. The molecule has 3 N–H and O–H groups in total. The van der Waals surface area contributed by atoms with Gasteiger partial charge in [-0.1, -0.05) is 13.3 Å². The zero-order valence-corrected chi connectivity index (χ0v) is 11.0. The number of nitrogens with two attached hydrogens (primary N) is 1. The van der Waals surface area contributed by atoms with E-state index >= 15 is 0 Å². The number of aromatic nitrogens is 1. The van der Waals surface area contributed by atoms with E-state index in [0.717, 1.165) is 5.92 Å². The van der Waals surface area contributed by atoms with Crippen LogP contribution in [0.3, 0.4) is 0 Å². The van der Waals surface area contributed by atoms with Crippen molar-refractivity contribution in [1.29, 1.82) is 0 Å². The highest BCUT2D eigenvalue weighted by Crippen LogP contribution is 2.39. The average molecular weight is 233 g/mol. The van der Waals surface area contributed by atoms with E-state index < -0.39 is 0 Å². The van der Waals surface area contributed by atoms with E-state index in [2.05, 4.69) is 30.2 Å². The maximum atomic E-state index is 6.02. The Bertz CT molecular complexity index is 389. The fraction of sp³-hybridized carbons (Fsp3) is 0.643. The van der Waals surface area contributed by atoms with Crippen molar-refractivity contribution in [3.63, 3.8) is 0 Å². The zero-order valence-electron chi connectivity index (χ0n) is 11.0. The van der Waals surface area contributed by atoms with Gasteiger partial charge < -0.3 is 11.1 Å². The van der Waals surface area contributed by atoms with Gasteiger partial charge >= 0.3 is 0 Å². The minimum atomic E-state index is 0.354. The van der Waals surface area contributed by atoms with Crippen LogP contribution in [0, 0.1) is 18.8 Å². The lowest BCUT2D eigenvalue weighted by Gasteiger charge is -2.24. The van der Waals surface area contributed by atoms with Crippen molar-refractivity contribution in [3.8, 4) is 0 Å². The summed E-state index contributed by atoms with van der Waals surface area (Å²) in [7, 11) is 2.02. The number of hydrogen-bond acceptors (Lipinski definition) is 3. The lowest BCUT2D eigenvalue weighted by atomic mass is 9.91. The molecule has 2 rings (SSSR count). The smallest absolute Gasteiger partial charge is 0.128 e. The predicted molar refractivity (Wildman–Crippen MR) is 71.7 cm³/mol. The minimum absolute atomic E-state index is 0.354. The van der Waals surface area contributed by atoms with Crippen molar-refractivity contribution >= 4 is 5.82 Å². The zero-order chi connectivity index (χ0) is 12.4. The van der Waals surface area contributed by atoms with E-state index in [-0.39, 0.29) is 0 Å². The lowest BCUT2D eigenvalue weighted by molar-refractivity contribution is 0.379. The van der Waals surface area contributed by atoms with Crippen LogP contribution in [0.1, 0.15) is 43.4 Å². The molecule has 1 aliphatic carbocycles. The molecule has 1 fully saturated rings. The molecule has 94 valence electrons. The van der Waals surface area contributed by atoms with Crippen molar-refractivity contribution in [1.82, 2.24) is 10.3 Å². The van der Waals surface area contributed by atoms with Crippen molar-refractivity contribution in [2.45, 2.75) is 39.2 Å². The van der Waals surface area contributed by atoms with Crippen molar-refractivity contribution in [3.05, 3.63) is 23.4 Å². The molecule has 1 aromatic rings. The first-order chi connectivity index (χ1) is 8.11. The SMILES string of the molecule is CNC(c1cc(C)cnc1N)C1CCC(C)C1. The van der Waals surface area contributed by atoms with Crippen LogP contribution in [-0.4, -0.2) is 12.0 Å². The molecule has 1 aromatic heterocycles. The second-order valence-corrected chi connectivity index (χ2v) is 5.43. The van der Waals surface area contributed by atoms with Crippen LogP contribution < -0.4 is 11.1 Å². The molecule has 0 saturated heterocycles. The van der Waals surface area contributed by atoms with Crippen LogP contribution in [-0.2, 0) is 0 Å². The Morgan fingerprint density at radius 1 is 1.47 bits per heavy atom. The molecule has 3 heteroatoms. The second-order valence-electron chi connectivity index (χ2n) is 5.43. The number of rotatable bonds is 3.